The van der Waals surface area contributed by atoms with E-state index in [2.05, 4.69) is 61.2 Å². The molecule has 0 saturated heterocycles. The van der Waals surface area contributed by atoms with Crippen LogP contribution in [0, 0.1) is 5.92 Å². The lowest BCUT2D eigenvalue weighted by molar-refractivity contribution is -0.121. The maximum atomic E-state index is 12.0. The first kappa shape index (κ1) is 19.7. The van der Waals surface area contributed by atoms with Gasteiger partial charge >= 0.3 is 5.91 Å². The van der Waals surface area contributed by atoms with Gasteiger partial charge in [0.05, 0.1) is 12.8 Å². The van der Waals surface area contributed by atoms with Gasteiger partial charge in [-0.05, 0) is 35.6 Å². The molecule has 0 radical (unpaired) electrons. The van der Waals surface area contributed by atoms with Gasteiger partial charge in [-0.3, -0.25) is 20.4 Å². The number of rotatable bonds is 8. The molecule has 0 aliphatic carbocycles. The Hall–Kier alpha value is -2.60. The lowest BCUT2D eigenvalue weighted by atomic mass is 9.94. The number of carbonyl (C=O) groups excluding carboxylic acids is 2. The molecular weight excluding hydrogens is 330 g/mol. The maximum Gasteiger partial charge on any atom is 0.305 e. The highest BCUT2D eigenvalue weighted by atomic mass is 16.3. The summed E-state index contributed by atoms with van der Waals surface area (Å²) in [5.74, 6) is -0.351. The molecule has 0 unspecified atom stereocenters. The predicted octanol–water partition coefficient (Wildman–Crippen LogP) is 2.98. The van der Waals surface area contributed by atoms with Crippen LogP contribution in [-0.4, -0.2) is 18.4 Å². The van der Waals surface area contributed by atoms with Crippen LogP contribution >= 0.6 is 0 Å². The number of furan rings is 1. The Morgan fingerprint density at radius 2 is 1.81 bits per heavy atom. The molecule has 1 aromatic carbocycles. The fourth-order valence-electron chi connectivity index (χ4n) is 2.76. The number of hydrazine groups is 1. The highest BCUT2D eigenvalue weighted by molar-refractivity contribution is 5.93. The molecule has 0 aliphatic rings. The zero-order valence-electron chi connectivity index (χ0n) is 15.5. The van der Waals surface area contributed by atoms with Crippen LogP contribution in [0.15, 0.2) is 47.1 Å². The molecule has 0 fully saturated rings. The minimum atomic E-state index is -0.490. The highest BCUT2D eigenvalue weighted by Crippen LogP contribution is 2.22. The summed E-state index contributed by atoms with van der Waals surface area (Å²) in [6.45, 7) is 6.47. The van der Waals surface area contributed by atoms with E-state index in [-0.39, 0.29) is 24.3 Å². The largest absolute Gasteiger partial charge is 0.459 e. The first-order valence-electron chi connectivity index (χ1n) is 8.96. The molecule has 2 aromatic rings. The average molecular weight is 357 g/mol. The van der Waals surface area contributed by atoms with Crippen molar-refractivity contribution in [1.82, 2.24) is 16.2 Å². The average Bonchev–Trinajstić information content (AvgIpc) is 3.16. The lowest BCUT2D eigenvalue weighted by Gasteiger charge is -2.23. The van der Waals surface area contributed by atoms with Crippen molar-refractivity contribution >= 4 is 11.8 Å². The Labute approximate surface area is 154 Å². The van der Waals surface area contributed by atoms with Crippen LogP contribution in [0.25, 0.3) is 0 Å². The second-order valence-corrected chi connectivity index (χ2v) is 6.57. The van der Waals surface area contributed by atoms with E-state index in [4.69, 9.17) is 4.42 Å². The highest BCUT2D eigenvalue weighted by Gasteiger charge is 2.17. The molecule has 1 atom stereocenters. The zero-order chi connectivity index (χ0) is 18.9. The van der Waals surface area contributed by atoms with Gasteiger partial charge in [-0.1, -0.05) is 51.5 Å². The number of hydrogen-bond acceptors (Lipinski definition) is 4. The van der Waals surface area contributed by atoms with E-state index in [1.54, 1.807) is 6.07 Å². The first-order chi connectivity index (χ1) is 12.5. The molecule has 0 saturated carbocycles. The zero-order valence-corrected chi connectivity index (χ0v) is 15.5. The molecule has 26 heavy (non-hydrogen) atoms. The molecule has 0 aliphatic heterocycles. The van der Waals surface area contributed by atoms with Crippen molar-refractivity contribution in [1.29, 1.82) is 0 Å². The van der Waals surface area contributed by atoms with Crippen molar-refractivity contribution in [2.45, 2.75) is 39.7 Å². The van der Waals surface area contributed by atoms with Crippen LogP contribution in [0.4, 0.5) is 0 Å². The second-order valence-electron chi connectivity index (χ2n) is 6.57. The Bertz CT molecular complexity index is 694. The quantitative estimate of drug-likeness (QED) is 0.634. The Morgan fingerprint density at radius 1 is 1.08 bits per heavy atom. The predicted molar refractivity (Wildman–Crippen MR) is 100 cm³/mol. The molecule has 2 amide bonds. The van der Waals surface area contributed by atoms with Crippen LogP contribution in [-0.2, 0) is 11.2 Å². The van der Waals surface area contributed by atoms with Crippen LogP contribution in [0.5, 0.6) is 0 Å². The summed E-state index contributed by atoms with van der Waals surface area (Å²) in [6.07, 6.45) is 3.59. The number of nitrogens with one attached hydrogen (secondary N) is 3. The fourth-order valence-corrected chi connectivity index (χ4v) is 2.76. The summed E-state index contributed by atoms with van der Waals surface area (Å²) in [7, 11) is 0. The summed E-state index contributed by atoms with van der Waals surface area (Å²) in [5, 5.41) is 3.26. The van der Waals surface area contributed by atoms with Crippen LogP contribution in [0.2, 0.25) is 0 Å². The summed E-state index contributed by atoms with van der Waals surface area (Å²) >= 11 is 0. The van der Waals surface area contributed by atoms with Crippen molar-refractivity contribution in [3.8, 4) is 0 Å². The summed E-state index contributed by atoms with van der Waals surface area (Å²) in [4.78, 5) is 23.7. The third-order valence-electron chi connectivity index (χ3n) is 4.09. The number of hydrogen-bond donors (Lipinski definition) is 3. The normalized spacial score (nSPS) is 12.0. The molecule has 0 spiro atoms. The number of amides is 2. The molecule has 6 nitrogen and oxygen atoms in total. The Balaban J connectivity index is 1.85. The van der Waals surface area contributed by atoms with Gasteiger partial charge in [-0.2, -0.15) is 0 Å². The van der Waals surface area contributed by atoms with Gasteiger partial charge in [0.15, 0.2) is 5.76 Å². The molecule has 2 rings (SSSR count). The SMILES string of the molecule is CCCc1ccc([C@@H](NCC(=O)NNC(=O)c2ccco2)C(C)C)cc1. The van der Waals surface area contributed by atoms with Crippen molar-refractivity contribution < 1.29 is 14.0 Å². The van der Waals surface area contributed by atoms with Crippen LogP contribution in [0.3, 0.4) is 0 Å². The number of benzene rings is 1. The van der Waals surface area contributed by atoms with Gasteiger partial charge in [0.25, 0.3) is 5.91 Å². The third kappa shape index (κ3) is 5.74. The van der Waals surface area contributed by atoms with E-state index < -0.39 is 5.91 Å². The number of carbonyl (C=O) groups is 2. The molecule has 0 bridgehead atoms. The monoisotopic (exact) mass is 357 g/mol. The maximum absolute atomic E-state index is 12.0. The second kappa shape index (κ2) is 9.77. The van der Waals surface area contributed by atoms with Gasteiger partial charge in [-0.25, -0.2) is 0 Å². The van der Waals surface area contributed by atoms with Crippen molar-refractivity contribution in [2.24, 2.45) is 5.92 Å². The number of aryl methyl sites for hydroxylation is 1. The molecular formula is C20H27N3O3. The van der Waals surface area contributed by atoms with Crippen molar-refractivity contribution in [2.75, 3.05) is 6.54 Å². The summed E-state index contributed by atoms with van der Waals surface area (Å²) < 4.78 is 4.96. The Kier molecular flexibility index (Phi) is 7.41. The van der Waals surface area contributed by atoms with Gasteiger partial charge in [0.2, 0.25) is 0 Å². The van der Waals surface area contributed by atoms with Gasteiger partial charge in [0.1, 0.15) is 0 Å². The van der Waals surface area contributed by atoms with E-state index in [0.29, 0.717) is 5.92 Å². The lowest BCUT2D eigenvalue weighted by Crippen LogP contribution is -2.46. The first-order valence-corrected chi connectivity index (χ1v) is 8.96. The van der Waals surface area contributed by atoms with E-state index >= 15 is 0 Å². The molecule has 1 heterocycles. The topological polar surface area (TPSA) is 83.4 Å². The molecule has 3 N–H and O–H groups in total. The van der Waals surface area contributed by atoms with Gasteiger partial charge in [0, 0.05) is 6.04 Å². The van der Waals surface area contributed by atoms with Crippen molar-refractivity contribution in [3.05, 3.63) is 59.5 Å². The minimum absolute atomic E-state index is 0.0530. The molecule has 1 aromatic heterocycles. The standard InChI is InChI=1S/C20H27N3O3/c1-4-6-15-8-10-16(11-9-15)19(14(2)3)21-13-18(24)22-23-20(25)17-7-5-12-26-17/h5,7-12,14,19,21H,4,6,13H2,1-3H3,(H,22,24)(H,23,25)/t19-/m0/s1. The molecule has 6 heteroatoms. The summed E-state index contributed by atoms with van der Waals surface area (Å²) in [5.41, 5.74) is 7.17. The molecule has 140 valence electrons. The van der Waals surface area contributed by atoms with E-state index in [1.165, 1.54) is 17.9 Å². The van der Waals surface area contributed by atoms with Gasteiger partial charge < -0.3 is 9.73 Å². The van der Waals surface area contributed by atoms with Crippen LogP contribution in [0.1, 0.15) is 54.9 Å². The van der Waals surface area contributed by atoms with Gasteiger partial charge in [-0.15, -0.1) is 0 Å². The van der Waals surface area contributed by atoms with Crippen molar-refractivity contribution in [3.63, 3.8) is 0 Å². The Morgan fingerprint density at radius 3 is 2.38 bits per heavy atom. The third-order valence-corrected chi connectivity index (χ3v) is 4.09. The van der Waals surface area contributed by atoms with E-state index in [0.717, 1.165) is 18.4 Å². The van der Waals surface area contributed by atoms with E-state index in [1.807, 2.05) is 0 Å². The van der Waals surface area contributed by atoms with E-state index in [9.17, 15) is 9.59 Å². The minimum Gasteiger partial charge on any atom is -0.459 e. The van der Waals surface area contributed by atoms with Crippen LogP contribution < -0.4 is 16.2 Å². The smallest absolute Gasteiger partial charge is 0.305 e. The fraction of sp³-hybridized carbons (Fsp3) is 0.400. The summed E-state index contributed by atoms with van der Waals surface area (Å²) in [6, 6.07) is 11.7.